The van der Waals surface area contributed by atoms with Crippen LogP contribution in [0.5, 0.6) is 0 Å². The summed E-state index contributed by atoms with van der Waals surface area (Å²) in [6.07, 6.45) is 7.45. The molecule has 0 atom stereocenters. The Kier molecular flexibility index (Phi) is 15.3. The number of hydrogen-bond donors (Lipinski definition) is 0. The molecule has 0 bridgehead atoms. The van der Waals surface area contributed by atoms with Crippen LogP contribution in [0, 0.1) is 34.4 Å². The van der Waals surface area contributed by atoms with Gasteiger partial charge < -0.3 is 19.6 Å². The van der Waals surface area contributed by atoms with Crippen molar-refractivity contribution < 1.29 is 4.39 Å². The summed E-state index contributed by atoms with van der Waals surface area (Å²) in [6.45, 7) is 40.7. The van der Waals surface area contributed by atoms with Crippen molar-refractivity contribution >= 4 is 5.82 Å². The first kappa shape index (κ1) is 45.1. The standard InChI is InChI=1S/C12H17FN2.C12H23N.2C10H22N2/c1-12(2,3)9-7-15(8-9)11-10(13)5-4-6-14-11;1-12(2,3)10-6-8-13(9-7-10)11-4-5-11;1-10(2,3)12-7-9(8-12)6-11(4)5;1-9(2,3)12-7-10(4,8-12)11(5)6/h4-6,9H,7-8H2,1-3H3;10-11H,4-9H2,1-3H3;9H,6-8H2,1-5H3;7-8H2,1-6H3. The minimum absolute atomic E-state index is 0.218. The molecule has 0 unspecified atom stereocenters. The smallest absolute Gasteiger partial charge is 0.165 e. The van der Waals surface area contributed by atoms with Crippen LogP contribution in [0.3, 0.4) is 0 Å². The number of rotatable bonds is 5. The molecule has 1 saturated carbocycles. The molecule has 5 aliphatic rings. The van der Waals surface area contributed by atoms with Crippen LogP contribution in [0.15, 0.2) is 18.3 Å². The van der Waals surface area contributed by atoms with Crippen LogP contribution in [0.25, 0.3) is 0 Å². The van der Waals surface area contributed by atoms with Gasteiger partial charge in [-0.1, -0.05) is 41.5 Å². The largest absolute Gasteiger partial charge is 0.353 e. The van der Waals surface area contributed by atoms with Gasteiger partial charge >= 0.3 is 0 Å². The van der Waals surface area contributed by atoms with Crippen LogP contribution in [0.4, 0.5) is 10.2 Å². The van der Waals surface area contributed by atoms with Gasteiger partial charge in [-0.25, -0.2) is 9.37 Å². The summed E-state index contributed by atoms with van der Waals surface area (Å²) in [4.78, 5) is 18.5. The number of halogens is 1. The predicted molar refractivity (Wildman–Crippen MR) is 223 cm³/mol. The number of anilines is 1. The molecule has 0 N–H and O–H groups in total. The Bertz CT molecular complexity index is 1190. The molecule has 5 heterocycles. The summed E-state index contributed by atoms with van der Waals surface area (Å²) < 4.78 is 13.4. The highest BCUT2D eigenvalue weighted by Crippen LogP contribution is 2.38. The van der Waals surface area contributed by atoms with Crippen LogP contribution in [0.2, 0.25) is 0 Å². The predicted octanol–water partition coefficient (Wildman–Crippen LogP) is 8.31. The number of piperidine rings is 1. The third kappa shape index (κ3) is 13.5. The summed E-state index contributed by atoms with van der Waals surface area (Å²) in [5.74, 6) is 2.78. The molecule has 1 aliphatic carbocycles. The molecule has 4 aliphatic heterocycles. The van der Waals surface area contributed by atoms with Crippen LogP contribution in [-0.2, 0) is 0 Å². The molecule has 302 valence electrons. The molecule has 7 nitrogen and oxygen atoms in total. The fraction of sp³-hybridized carbons (Fsp3) is 0.886. The fourth-order valence-electron chi connectivity index (χ4n) is 7.66. The molecule has 6 rings (SSSR count). The number of likely N-dealkylation sites (N-methyl/N-ethyl adjacent to an activating group) is 1. The average molecular weight is 730 g/mol. The number of aromatic nitrogens is 1. The SMILES string of the molecule is CC(C)(C)C1CCN(C2CC2)CC1.CC(C)(C)C1CN(c2ncccc2F)C1.CN(C)C1(C)CN(C(C)(C)C)C1.CN(C)CC1CN(C(C)(C)C)C1. The summed E-state index contributed by atoms with van der Waals surface area (Å²) >= 11 is 0. The van der Waals surface area contributed by atoms with Gasteiger partial charge in [0.2, 0.25) is 0 Å². The first-order valence-electron chi connectivity index (χ1n) is 20.6. The Balaban J connectivity index is 0.000000188. The lowest BCUT2D eigenvalue weighted by atomic mass is 9.75. The topological polar surface area (TPSA) is 32.3 Å². The van der Waals surface area contributed by atoms with Crippen molar-refractivity contribution in [3.05, 3.63) is 24.1 Å². The minimum Gasteiger partial charge on any atom is -0.353 e. The molecule has 52 heavy (non-hydrogen) atoms. The van der Waals surface area contributed by atoms with E-state index in [4.69, 9.17) is 0 Å². The highest BCUT2D eigenvalue weighted by Gasteiger charge is 2.44. The van der Waals surface area contributed by atoms with Crippen LogP contribution in [0.1, 0.15) is 116 Å². The van der Waals surface area contributed by atoms with E-state index in [1.165, 1.54) is 77.6 Å². The molecule has 4 saturated heterocycles. The first-order chi connectivity index (χ1) is 23.7. The Morgan fingerprint density at radius 1 is 0.731 bits per heavy atom. The lowest BCUT2D eigenvalue weighted by Gasteiger charge is -2.57. The maximum Gasteiger partial charge on any atom is 0.165 e. The van der Waals surface area contributed by atoms with Crippen LogP contribution >= 0.6 is 0 Å². The van der Waals surface area contributed by atoms with E-state index in [0.29, 0.717) is 39.2 Å². The normalized spacial score (nSPS) is 22.7. The van der Waals surface area contributed by atoms with E-state index < -0.39 is 0 Å². The van der Waals surface area contributed by atoms with Crippen LogP contribution < -0.4 is 4.90 Å². The quantitative estimate of drug-likeness (QED) is 0.302. The van der Waals surface area contributed by atoms with E-state index in [0.717, 1.165) is 31.0 Å². The van der Waals surface area contributed by atoms with Crippen LogP contribution in [-0.4, -0.2) is 139 Å². The first-order valence-corrected chi connectivity index (χ1v) is 20.6. The van der Waals surface area contributed by atoms with E-state index >= 15 is 0 Å². The molecule has 0 spiro atoms. The zero-order valence-electron chi connectivity index (χ0n) is 37.2. The molecular formula is C44H84FN7. The number of hydrogen-bond acceptors (Lipinski definition) is 7. The van der Waals surface area contributed by atoms with Gasteiger partial charge in [0.25, 0.3) is 0 Å². The van der Waals surface area contributed by atoms with Crippen molar-refractivity contribution in [3.63, 3.8) is 0 Å². The Hall–Kier alpha value is -1.32. The Morgan fingerprint density at radius 2 is 1.23 bits per heavy atom. The van der Waals surface area contributed by atoms with Gasteiger partial charge in [0.1, 0.15) is 0 Å². The van der Waals surface area contributed by atoms with E-state index in [1.807, 2.05) is 4.90 Å². The van der Waals surface area contributed by atoms with Gasteiger partial charge in [0.15, 0.2) is 11.6 Å². The second kappa shape index (κ2) is 17.6. The van der Waals surface area contributed by atoms with Gasteiger partial charge in [0.05, 0.1) is 0 Å². The average Bonchev–Trinajstić information content (AvgIpc) is 3.78. The molecule has 0 amide bonds. The molecule has 1 aromatic heterocycles. The maximum absolute atomic E-state index is 13.4. The van der Waals surface area contributed by atoms with Crippen molar-refractivity contribution in [1.29, 1.82) is 0 Å². The summed E-state index contributed by atoms with van der Waals surface area (Å²) in [6, 6.07) is 4.08. The summed E-state index contributed by atoms with van der Waals surface area (Å²) in [5, 5.41) is 0. The maximum atomic E-state index is 13.4. The van der Waals surface area contributed by atoms with E-state index in [2.05, 4.69) is 148 Å². The van der Waals surface area contributed by atoms with Gasteiger partial charge in [-0.15, -0.1) is 0 Å². The van der Waals surface area contributed by atoms with Gasteiger partial charge in [-0.05, 0) is 156 Å². The molecule has 1 aromatic rings. The van der Waals surface area contributed by atoms with Gasteiger partial charge in [-0.3, -0.25) is 9.80 Å². The zero-order valence-corrected chi connectivity index (χ0v) is 37.2. The third-order valence-electron chi connectivity index (χ3n) is 12.6. The fourth-order valence-corrected chi connectivity index (χ4v) is 7.66. The third-order valence-corrected chi connectivity index (χ3v) is 12.6. The zero-order chi connectivity index (χ0) is 39.4. The Morgan fingerprint density at radius 3 is 1.62 bits per heavy atom. The van der Waals surface area contributed by atoms with E-state index in [9.17, 15) is 4.39 Å². The van der Waals surface area contributed by atoms with E-state index in [-0.39, 0.29) is 5.82 Å². The van der Waals surface area contributed by atoms with Crippen molar-refractivity contribution in [2.45, 2.75) is 138 Å². The number of pyridine rings is 1. The lowest BCUT2D eigenvalue weighted by molar-refractivity contribution is -0.0652. The monoisotopic (exact) mass is 730 g/mol. The second-order valence-corrected chi connectivity index (χ2v) is 21.8. The molecule has 0 radical (unpaired) electrons. The minimum atomic E-state index is -0.218. The molecule has 5 fully saturated rings. The lowest BCUT2D eigenvalue weighted by Crippen LogP contribution is -2.70. The Labute approximate surface area is 322 Å². The van der Waals surface area contributed by atoms with Gasteiger partial charge in [-0.2, -0.15) is 0 Å². The molecule has 0 aromatic carbocycles. The summed E-state index contributed by atoms with van der Waals surface area (Å²) in [5.41, 5.74) is 1.98. The number of nitrogens with zero attached hydrogens (tertiary/aromatic N) is 7. The highest BCUT2D eigenvalue weighted by atomic mass is 19.1. The van der Waals surface area contributed by atoms with Crippen molar-refractivity contribution in [2.75, 3.05) is 92.0 Å². The highest BCUT2D eigenvalue weighted by molar-refractivity contribution is 5.42. The molecular weight excluding hydrogens is 646 g/mol. The molecule has 8 heteroatoms. The van der Waals surface area contributed by atoms with Crippen molar-refractivity contribution in [1.82, 2.24) is 29.5 Å². The van der Waals surface area contributed by atoms with E-state index in [1.54, 1.807) is 12.3 Å². The van der Waals surface area contributed by atoms with Gasteiger partial charge in [0, 0.05) is 74.7 Å². The van der Waals surface area contributed by atoms with Crippen molar-refractivity contribution in [2.24, 2.45) is 28.6 Å². The number of likely N-dealkylation sites (tertiary alicyclic amines) is 3. The van der Waals surface area contributed by atoms with Crippen molar-refractivity contribution in [3.8, 4) is 0 Å². The second-order valence-electron chi connectivity index (χ2n) is 21.8. The summed E-state index contributed by atoms with van der Waals surface area (Å²) in [7, 11) is 8.64.